The quantitative estimate of drug-likeness (QED) is 0.340. The molecule has 1 aliphatic rings. The second kappa shape index (κ2) is 6.30. The number of Topliss-reactive ketones (excluding diaryl/α,β-unsaturated/α-hetero) is 1. The minimum absolute atomic E-state index is 0.0690. The fourth-order valence-electron chi connectivity index (χ4n) is 2.11. The summed E-state index contributed by atoms with van der Waals surface area (Å²) in [6, 6.07) is 6.64. The van der Waals surface area contributed by atoms with Crippen LogP contribution in [0.1, 0.15) is 40.5 Å². The van der Waals surface area contributed by atoms with Crippen LogP contribution in [-0.2, 0) is 14.3 Å². The number of hydrogen-bond acceptors (Lipinski definition) is 5. The summed E-state index contributed by atoms with van der Waals surface area (Å²) in [6.45, 7) is 1.55. The van der Waals surface area contributed by atoms with E-state index in [1.165, 1.54) is 6.92 Å². The molecule has 1 heterocycles. The fourth-order valence-corrected chi connectivity index (χ4v) is 2.11. The Bertz CT molecular complexity index is 573. The normalized spacial score (nSPS) is 13.3. The van der Waals surface area contributed by atoms with E-state index < -0.39 is 5.97 Å². The predicted octanol–water partition coefficient (Wildman–Crippen LogP) is 1.19. The number of rotatable bonds is 6. The highest BCUT2D eigenvalue weighted by Gasteiger charge is 2.34. The van der Waals surface area contributed by atoms with Crippen molar-refractivity contribution in [1.82, 2.24) is 4.90 Å². The molecule has 0 fully saturated rings. The molecule has 0 unspecified atom stereocenters. The van der Waals surface area contributed by atoms with Crippen molar-refractivity contribution in [3.63, 3.8) is 0 Å². The molecule has 1 aromatic carbocycles. The number of nitrogens with zero attached hydrogens (tertiary/aromatic N) is 1. The number of carbonyl (C=O) groups excluding carboxylic acids is 4. The summed E-state index contributed by atoms with van der Waals surface area (Å²) < 4.78 is 4.85. The Morgan fingerprint density at radius 3 is 2.19 bits per heavy atom. The number of benzene rings is 1. The Balaban J connectivity index is 1.83. The first-order valence-electron chi connectivity index (χ1n) is 6.61. The highest BCUT2D eigenvalue weighted by Crippen LogP contribution is 2.22. The average Bonchev–Trinajstić information content (AvgIpc) is 2.68. The number of imide groups is 1. The maximum absolute atomic E-state index is 12.0. The highest BCUT2D eigenvalue weighted by atomic mass is 16.5. The first kappa shape index (κ1) is 14.9. The molecular formula is C15H15NO5. The summed E-state index contributed by atoms with van der Waals surface area (Å²) in [5, 5.41) is 0. The molecule has 0 N–H and O–H groups in total. The molecule has 6 nitrogen and oxygen atoms in total. The van der Waals surface area contributed by atoms with Gasteiger partial charge < -0.3 is 4.74 Å². The van der Waals surface area contributed by atoms with E-state index in [0.29, 0.717) is 17.5 Å². The molecule has 0 bridgehead atoms. The predicted molar refractivity (Wildman–Crippen MR) is 72.7 cm³/mol. The van der Waals surface area contributed by atoms with Gasteiger partial charge in [-0.1, -0.05) is 12.1 Å². The molecule has 6 heteroatoms. The zero-order valence-corrected chi connectivity index (χ0v) is 11.6. The van der Waals surface area contributed by atoms with Crippen LogP contribution in [0.25, 0.3) is 0 Å². The molecule has 0 aliphatic carbocycles. The highest BCUT2D eigenvalue weighted by molar-refractivity contribution is 6.21. The molecule has 0 saturated carbocycles. The molecule has 0 radical (unpaired) electrons. The van der Waals surface area contributed by atoms with Gasteiger partial charge in [0.15, 0.2) is 0 Å². The smallest absolute Gasteiger partial charge is 0.313 e. The van der Waals surface area contributed by atoms with Crippen LogP contribution >= 0.6 is 0 Å². The second-order valence-electron chi connectivity index (χ2n) is 4.76. The van der Waals surface area contributed by atoms with Gasteiger partial charge in [0.2, 0.25) is 0 Å². The molecule has 1 aromatic rings. The Kier molecular flexibility index (Phi) is 4.47. The summed E-state index contributed by atoms with van der Waals surface area (Å²) in [7, 11) is 0. The largest absolute Gasteiger partial charge is 0.465 e. The third-order valence-electron chi connectivity index (χ3n) is 3.06. The van der Waals surface area contributed by atoms with Gasteiger partial charge in [-0.2, -0.15) is 0 Å². The zero-order chi connectivity index (χ0) is 15.4. The van der Waals surface area contributed by atoms with Gasteiger partial charge in [0.1, 0.15) is 12.2 Å². The van der Waals surface area contributed by atoms with Gasteiger partial charge in [-0.25, -0.2) is 0 Å². The molecule has 0 saturated heterocycles. The number of fused-ring (bicyclic) bond motifs is 1. The fraction of sp³-hybridized carbons (Fsp3) is 0.333. The van der Waals surface area contributed by atoms with Crippen LogP contribution in [0.5, 0.6) is 0 Å². The van der Waals surface area contributed by atoms with Crippen LogP contribution in [0, 0.1) is 0 Å². The number of ketones is 1. The summed E-state index contributed by atoms with van der Waals surface area (Å²) in [4.78, 5) is 47.1. The lowest BCUT2D eigenvalue weighted by Gasteiger charge is -2.13. The summed E-state index contributed by atoms with van der Waals surface area (Å²) in [5.41, 5.74) is 0.798. The Hall–Kier alpha value is -2.50. The van der Waals surface area contributed by atoms with E-state index in [2.05, 4.69) is 0 Å². The molecule has 1 aliphatic heterocycles. The standard InChI is InChI=1S/C15H15NO5/c1-10(17)9-13(18)21-8-4-7-16-14(19)11-5-2-3-6-12(11)15(16)20/h2-3,5-6H,4,7-9H2,1H3. The first-order valence-corrected chi connectivity index (χ1v) is 6.61. The number of ether oxygens (including phenoxy) is 1. The number of esters is 1. The summed E-state index contributed by atoms with van der Waals surface area (Å²) >= 11 is 0. The molecule has 0 atom stereocenters. The molecule has 2 rings (SSSR count). The molecular weight excluding hydrogens is 274 g/mol. The maximum Gasteiger partial charge on any atom is 0.313 e. The van der Waals surface area contributed by atoms with Gasteiger partial charge in [-0.3, -0.25) is 24.1 Å². The van der Waals surface area contributed by atoms with Crippen molar-refractivity contribution in [1.29, 1.82) is 0 Å². The zero-order valence-electron chi connectivity index (χ0n) is 11.6. The first-order chi connectivity index (χ1) is 10.0. The van der Waals surface area contributed by atoms with Crippen LogP contribution in [0.3, 0.4) is 0 Å². The summed E-state index contributed by atoms with van der Waals surface area (Å²) in [5.74, 6) is -1.51. The van der Waals surface area contributed by atoms with Gasteiger partial charge in [0, 0.05) is 6.54 Å². The van der Waals surface area contributed by atoms with E-state index in [1.807, 2.05) is 0 Å². The number of hydrogen-bond donors (Lipinski definition) is 0. The van der Waals surface area contributed by atoms with E-state index in [1.54, 1.807) is 24.3 Å². The number of amides is 2. The van der Waals surface area contributed by atoms with Crippen molar-refractivity contribution in [2.24, 2.45) is 0 Å². The molecule has 2 amide bonds. The van der Waals surface area contributed by atoms with Crippen LogP contribution in [-0.4, -0.2) is 41.6 Å². The lowest BCUT2D eigenvalue weighted by molar-refractivity contribution is -0.145. The van der Waals surface area contributed by atoms with E-state index in [0.717, 1.165) is 4.90 Å². The molecule has 110 valence electrons. The van der Waals surface area contributed by atoms with E-state index >= 15 is 0 Å². The van der Waals surface area contributed by atoms with Gasteiger partial charge >= 0.3 is 5.97 Å². The lowest BCUT2D eigenvalue weighted by Crippen LogP contribution is -2.31. The topological polar surface area (TPSA) is 80.8 Å². The Morgan fingerprint density at radius 2 is 1.67 bits per heavy atom. The second-order valence-corrected chi connectivity index (χ2v) is 4.76. The minimum atomic E-state index is -0.593. The average molecular weight is 289 g/mol. The van der Waals surface area contributed by atoms with Crippen LogP contribution in [0.4, 0.5) is 0 Å². The maximum atomic E-state index is 12.0. The molecule has 21 heavy (non-hydrogen) atoms. The van der Waals surface area contributed by atoms with Crippen molar-refractivity contribution in [3.8, 4) is 0 Å². The van der Waals surface area contributed by atoms with Crippen LogP contribution in [0.15, 0.2) is 24.3 Å². The third-order valence-corrected chi connectivity index (χ3v) is 3.06. The van der Waals surface area contributed by atoms with Crippen molar-refractivity contribution in [2.75, 3.05) is 13.2 Å². The van der Waals surface area contributed by atoms with Crippen LogP contribution < -0.4 is 0 Å². The van der Waals surface area contributed by atoms with Gasteiger partial charge in [0.25, 0.3) is 11.8 Å². The van der Waals surface area contributed by atoms with E-state index in [9.17, 15) is 19.2 Å². The van der Waals surface area contributed by atoms with E-state index in [-0.39, 0.29) is 37.2 Å². The van der Waals surface area contributed by atoms with Crippen molar-refractivity contribution < 1.29 is 23.9 Å². The molecule has 0 aromatic heterocycles. The molecule has 0 spiro atoms. The van der Waals surface area contributed by atoms with E-state index in [4.69, 9.17) is 4.74 Å². The SMILES string of the molecule is CC(=O)CC(=O)OCCCN1C(=O)c2ccccc2C1=O. The monoisotopic (exact) mass is 289 g/mol. The van der Waals surface area contributed by atoms with Gasteiger partial charge in [-0.05, 0) is 25.5 Å². The van der Waals surface area contributed by atoms with Gasteiger partial charge in [0.05, 0.1) is 17.7 Å². The summed E-state index contributed by atoms with van der Waals surface area (Å²) in [6.07, 6.45) is 0.0854. The van der Waals surface area contributed by atoms with Crippen molar-refractivity contribution >= 4 is 23.6 Å². The minimum Gasteiger partial charge on any atom is -0.465 e. The Labute approximate surface area is 121 Å². The Morgan fingerprint density at radius 1 is 1.10 bits per heavy atom. The third kappa shape index (κ3) is 3.34. The van der Waals surface area contributed by atoms with Crippen molar-refractivity contribution in [3.05, 3.63) is 35.4 Å². The number of carbonyl (C=O) groups is 4. The lowest BCUT2D eigenvalue weighted by atomic mass is 10.1. The van der Waals surface area contributed by atoms with Gasteiger partial charge in [-0.15, -0.1) is 0 Å². The van der Waals surface area contributed by atoms with Crippen molar-refractivity contribution in [2.45, 2.75) is 19.8 Å². The van der Waals surface area contributed by atoms with Crippen LogP contribution in [0.2, 0.25) is 0 Å².